The zero-order chi connectivity index (χ0) is 28.3. The van der Waals surface area contributed by atoms with E-state index in [2.05, 4.69) is 15.3 Å². The van der Waals surface area contributed by atoms with Gasteiger partial charge in [-0.05, 0) is 42.5 Å². The minimum atomic E-state index is -5.08. The molecule has 0 spiro atoms. The van der Waals surface area contributed by atoms with E-state index in [1.54, 1.807) is 36.5 Å². The van der Waals surface area contributed by atoms with Crippen LogP contribution in [-0.2, 0) is 4.79 Å². The topological polar surface area (TPSA) is 148 Å². The van der Waals surface area contributed by atoms with Crippen molar-refractivity contribution in [2.45, 2.75) is 16.2 Å². The third-order valence-electron chi connectivity index (χ3n) is 5.37. The summed E-state index contributed by atoms with van der Waals surface area (Å²) in [7, 11) is 0. The number of carboxylic acids is 1. The van der Waals surface area contributed by atoms with Crippen molar-refractivity contribution in [3.05, 3.63) is 76.5 Å². The van der Waals surface area contributed by atoms with Gasteiger partial charge in [0, 0.05) is 39.4 Å². The molecule has 14 heteroatoms. The molecule has 0 fully saturated rings. The monoisotopic (exact) mass is 562 g/mol. The standard InChI is InChI=1S/C23H17FN4O3S.C2HF3O2/c24-13-4-5-15-17(11-13)18-16(6-7-25-22(18)31)20-19(15)27-23(28-20)32-14-3-1-2-12(10-14)21(30)26-8-9-29;3-2(4,5)1(6)7/h1-7,10-11,29H,8-9H2,(H,25,31)(H,26,30)(H,27,28);(H,6,7). The highest BCUT2D eigenvalue weighted by Gasteiger charge is 2.38. The molecule has 0 aliphatic carbocycles. The summed E-state index contributed by atoms with van der Waals surface area (Å²) < 4.78 is 45.7. The van der Waals surface area contributed by atoms with Crippen LogP contribution in [0.2, 0.25) is 0 Å². The molecule has 39 heavy (non-hydrogen) atoms. The van der Waals surface area contributed by atoms with Crippen LogP contribution in [0.4, 0.5) is 17.6 Å². The minimum Gasteiger partial charge on any atom is -0.475 e. The lowest BCUT2D eigenvalue weighted by molar-refractivity contribution is -0.192. The Kier molecular flexibility index (Phi) is 7.88. The molecule has 9 nitrogen and oxygen atoms in total. The average Bonchev–Trinajstić information content (AvgIpc) is 3.31. The normalized spacial score (nSPS) is 11.4. The highest BCUT2D eigenvalue weighted by atomic mass is 32.2. The summed E-state index contributed by atoms with van der Waals surface area (Å²) in [6.07, 6.45) is -3.54. The Bertz CT molecular complexity index is 1770. The number of carbonyl (C=O) groups excluding carboxylic acids is 1. The van der Waals surface area contributed by atoms with E-state index in [0.717, 1.165) is 4.90 Å². The summed E-state index contributed by atoms with van der Waals surface area (Å²) in [5, 5.41) is 21.4. The predicted octanol–water partition coefficient (Wildman–Crippen LogP) is 4.20. The Labute approximate surface area is 219 Å². The molecule has 0 radical (unpaired) electrons. The van der Waals surface area contributed by atoms with Crippen LogP contribution in [0, 0.1) is 5.82 Å². The van der Waals surface area contributed by atoms with Crippen molar-refractivity contribution in [3.8, 4) is 0 Å². The van der Waals surface area contributed by atoms with Gasteiger partial charge in [-0.15, -0.1) is 0 Å². The SMILES string of the molecule is O=C(NCCO)c1cccc(Sc2nc3c4cc[nH]c(=O)c4c4cc(F)ccc4c3[nH]2)c1.O=C(O)C(F)(F)F. The van der Waals surface area contributed by atoms with Crippen molar-refractivity contribution in [2.75, 3.05) is 13.2 Å². The van der Waals surface area contributed by atoms with Crippen LogP contribution in [0.5, 0.6) is 0 Å². The van der Waals surface area contributed by atoms with Crippen molar-refractivity contribution in [3.63, 3.8) is 0 Å². The van der Waals surface area contributed by atoms with E-state index in [0.29, 0.717) is 43.3 Å². The fraction of sp³-hybridized carbons (Fsp3) is 0.120. The molecule has 2 heterocycles. The van der Waals surface area contributed by atoms with Gasteiger partial charge >= 0.3 is 12.1 Å². The Balaban J connectivity index is 0.000000448. The first-order valence-electron chi connectivity index (χ1n) is 11.1. The number of aliphatic hydroxyl groups is 1. The molecule has 5 N–H and O–H groups in total. The molecule has 0 atom stereocenters. The number of fused-ring (bicyclic) bond motifs is 6. The van der Waals surface area contributed by atoms with E-state index in [9.17, 15) is 27.2 Å². The summed E-state index contributed by atoms with van der Waals surface area (Å²) >= 11 is 1.34. The fourth-order valence-corrected chi connectivity index (χ4v) is 4.60. The lowest BCUT2D eigenvalue weighted by atomic mass is 10.0. The number of H-pyrrole nitrogens is 2. The number of amides is 1. The maximum absolute atomic E-state index is 14.0. The number of nitrogens with one attached hydrogen (secondary N) is 3. The molecule has 0 unspecified atom stereocenters. The van der Waals surface area contributed by atoms with Crippen LogP contribution < -0.4 is 10.9 Å². The molecule has 202 valence electrons. The number of imidazole rings is 1. The molecule has 3 aromatic carbocycles. The van der Waals surface area contributed by atoms with Crippen molar-refractivity contribution >= 4 is 56.2 Å². The average molecular weight is 563 g/mol. The largest absolute Gasteiger partial charge is 0.490 e. The molecule has 0 saturated carbocycles. The van der Waals surface area contributed by atoms with Crippen molar-refractivity contribution < 1.29 is 37.4 Å². The number of benzene rings is 3. The first kappa shape index (κ1) is 27.6. The van der Waals surface area contributed by atoms with E-state index < -0.39 is 18.0 Å². The van der Waals surface area contributed by atoms with Gasteiger partial charge in [0.15, 0.2) is 5.16 Å². The van der Waals surface area contributed by atoms with Gasteiger partial charge in [-0.3, -0.25) is 9.59 Å². The molecule has 0 aliphatic heterocycles. The van der Waals surface area contributed by atoms with E-state index in [1.165, 1.54) is 23.9 Å². The number of pyridine rings is 1. The Morgan fingerprint density at radius 2 is 1.79 bits per heavy atom. The minimum absolute atomic E-state index is 0.131. The molecule has 2 aromatic heterocycles. The Morgan fingerprint density at radius 1 is 1.05 bits per heavy atom. The van der Waals surface area contributed by atoms with Gasteiger partial charge in [0.25, 0.3) is 11.5 Å². The predicted molar refractivity (Wildman–Crippen MR) is 135 cm³/mol. The maximum atomic E-state index is 14.0. The van der Waals surface area contributed by atoms with Crippen LogP contribution in [0.25, 0.3) is 32.6 Å². The van der Waals surface area contributed by atoms with Crippen molar-refractivity contribution in [1.82, 2.24) is 20.3 Å². The lowest BCUT2D eigenvalue weighted by Gasteiger charge is -2.05. The van der Waals surface area contributed by atoms with Crippen molar-refractivity contribution in [2.24, 2.45) is 0 Å². The van der Waals surface area contributed by atoms with E-state index >= 15 is 0 Å². The molecular formula is C25H18F4N4O5S. The molecule has 5 aromatic rings. The van der Waals surface area contributed by atoms with Crippen LogP contribution in [0.1, 0.15) is 10.4 Å². The van der Waals surface area contributed by atoms with Crippen LogP contribution in [0.3, 0.4) is 0 Å². The summed E-state index contributed by atoms with van der Waals surface area (Å²) in [5.74, 6) is -3.45. The number of carboxylic acid groups (broad SMARTS) is 1. The number of nitrogens with zero attached hydrogens (tertiary/aromatic N) is 1. The van der Waals surface area contributed by atoms with E-state index in [4.69, 9.17) is 20.0 Å². The van der Waals surface area contributed by atoms with E-state index in [-0.39, 0.29) is 24.6 Å². The molecular weight excluding hydrogens is 544 g/mol. The number of alkyl halides is 3. The summed E-state index contributed by atoms with van der Waals surface area (Å²) in [6.45, 7) is 0.0491. The number of aromatic nitrogens is 3. The highest BCUT2D eigenvalue weighted by molar-refractivity contribution is 7.99. The summed E-state index contributed by atoms with van der Waals surface area (Å²) in [6, 6.07) is 13.2. The second-order valence-corrected chi connectivity index (χ2v) is 9.03. The van der Waals surface area contributed by atoms with Crippen LogP contribution >= 0.6 is 11.8 Å². The highest BCUT2D eigenvalue weighted by Crippen LogP contribution is 2.35. The zero-order valence-electron chi connectivity index (χ0n) is 19.6. The number of aliphatic hydroxyl groups excluding tert-OH is 1. The molecule has 5 rings (SSSR count). The first-order chi connectivity index (χ1) is 18.5. The fourth-order valence-electron chi connectivity index (χ4n) is 3.76. The number of aliphatic carboxylic acids is 1. The maximum Gasteiger partial charge on any atom is 0.490 e. The van der Waals surface area contributed by atoms with Gasteiger partial charge in [-0.2, -0.15) is 13.2 Å². The first-order valence-corrected chi connectivity index (χ1v) is 11.9. The molecule has 0 bridgehead atoms. The number of rotatable bonds is 5. The van der Waals surface area contributed by atoms with Gasteiger partial charge in [0.05, 0.1) is 23.0 Å². The third kappa shape index (κ3) is 6.02. The lowest BCUT2D eigenvalue weighted by Crippen LogP contribution is -2.26. The summed E-state index contributed by atoms with van der Waals surface area (Å²) in [4.78, 5) is 45.1. The van der Waals surface area contributed by atoms with Gasteiger partial charge in [0.1, 0.15) is 5.82 Å². The summed E-state index contributed by atoms with van der Waals surface area (Å²) in [5.41, 5.74) is 1.48. The third-order valence-corrected chi connectivity index (χ3v) is 6.25. The van der Waals surface area contributed by atoms with Crippen LogP contribution in [0.15, 0.2) is 69.6 Å². The molecule has 1 amide bonds. The van der Waals surface area contributed by atoms with E-state index in [1.807, 2.05) is 6.07 Å². The second-order valence-electron chi connectivity index (χ2n) is 7.96. The van der Waals surface area contributed by atoms with Gasteiger partial charge in [0.2, 0.25) is 0 Å². The number of aromatic amines is 2. The van der Waals surface area contributed by atoms with Crippen LogP contribution in [-0.4, -0.2) is 56.4 Å². The Hall–Kier alpha value is -4.43. The quantitative estimate of drug-likeness (QED) is 0.159. The number of carbonyl (C=O) groups is 2. The van der Waals surface area contributed by atoms with Gasteiger partial charge < -0.3 is 25.5 Å². The molecule has 0 saturated heterocycles. The van der Waals surface area contributed by atoms with Crippen molar-refractivity contribution in [1.29, 1.82) is 0 Å². The Morgan fingerprint density at radius 3 is 2.49 bits per heavy atom. The number of hydrogen-bond acceptors (Lipinski definition) is 6. The number of hydrogen-bond donors (Lipinski definition) is 5. The van der Waals surface area contributed by atoms with Gasteiger partial charge in [-0.25, -0.2) is 14.2 Å². The van der Waals surface area contributed by atoms with Gasteiger partial charge in [-0.1, -0.05) is 17.8 Å². The second kappa shape index (κ2) is 11.1. The molecule has 0 aliphatic rings. The zero-order valence-corrected chi connectivity index (χ0v) is 20.4. The number of halogens is 4. The smallest absolute Gasteiger partial charge is 0.475 e.